The van der Waals surface area contributed by atoms with Gasteiger partial charge in [0.05, 0.1) is 6.04 Å². The highest BCUT2D eigenvalue weighted by Crippen LogP contribution is 2.09. The average molecular weight is 438 g/mol. The van der Waals surface area contributed by atoms with Gasteiger partial charge in [-0.2, -0.15) is 0 Å². The van der Waals surface area contributed by atoms with Crippen molar-refractivity contribution < 1.29 is 28.3 Å². The summed E-state index contributed by atoms with van der Waals surface area (Å²) in [5.41, 5.74) is 0.793. The number of alkyl carbamates (subject to hydrolysis) is 1. The Labute approximate surface area is 182 Å². The molecule has 0 saturated carbocycles. The molecule has 0 fully saturated rings. The van der Waals surface area contributed by atoms with E-state index >= 15 is 0 Å². The van der Waals surface area contributed by atoms with Crippen molar-refractivity contribution in [3.8, 4) is 0 Å². The SMILES string of the molecule is CC(C)C[C@H](NC(=O)OCc1ccccc1)C(=O)NC(CCC(=O)N(C)C)C(=O)CF. The average Bonchev–Trinajstić information content (AvgIpc) is 2.74. The predicted octanol–water partition coefficient (Wildman–Crippen LogP) is 2.22. The van der Waals surface area contributed by atoms with Crippen LogP contribution in [0.5, 0.6) is 0 Å². The van der Waals surface area contributed by atoms with Crippen molar-refractivity contribution in [1.82, 2.24) is 15.5 Å². The Hall–Kier alpha value is -2.97. The Morgan fingerprint density at radius 2 is 1.68 bits per heavy atom. The van der Waals surface area contributed by atoms with Gasteiger partial charge in [-0.1, -0.05) is 44.2 Å². The molecule has 1 aromatic rings. The van der Waals surface area contributed by atoms with E-state index in [0.717, 1.165) is 5.56 Å². The van der Waals surface area contributed by atoms with Gasteiger partial charge in [-0.25, -0.2) is 9.18 Å². The van der Waals surface area contributed by atoms with Crippen LogP contribution in [-0.4, -0.2) is 61.4 Å². The molecule has 0 aromatic heterocycles. The fourth-order valence-corrected chi connectivity index (χ4v) is 2.78. The summed E-state index contributed by atoms with van der Waals surface area (Å²) in [6.45, 7) is 2.52. The number of carbonyl (C=O) groups is 4. The summed E-state index contributed by atoms with van der Waals surface area (Å²) in [6.07, 6.45) is -0.538. The predicted molar refractivity (Wildman–Crippen MR) is 114 cm³/mol. The summed E-state index contributed by atoms with van der Waals surface area (Å²) >= 11 is 0. The second-order valence-corrected chi connectivity index (χ2v) is 7.88. The highest BCUT2D eigenvalue weighted by molar-refractivity contribution is 5.93. The number of hydrogen-bond donors (Lipinski definition) is 2. The smallest absolute Gasteiger partial charge is 0.408 e. The van der Waals surface area contributed by atoms with Gasteiger partial charge in [-0.3, -0.25) is 14.4 Å². The molecule has 0 spiro atoms. The number of alkyl halides is 1. The molecule has 0 aliphatic heterocycles. The van der Waals surface area contributed by atoms with Crippen molar-refractivity contribution in [2.75, 3.05) is 20.8 Å². The molecule has 0 bridgehead atoms. The van der Waals surface area contributed by atoms with Gasteiger partial charge in [0.2, 0.25) is 11.8 Å². The zero-order valence-corrected chi connectivity index (χ0v) is 18.5. The number of nitrogens with one attached hydrogen (secondary N) is 2. The largest absolute Gasteiger partial charge is 0.445 e. The Morgan fingerprint density at radius 3 is 2.23 bits per heavy atom. The van der Waals surface area contributed by atoms with Gasteiger partial charge >= 0.3 is 6.09 Å². The molecule has 0 aliphatic rings. The van der Waals surface area contributed by atoms with Crippen molar-refractivity contribution in [3.05, 3.63) is 35.9 Å². The standard InChI is InChI=1S/C22H32FN3O5/c1-15(2)12-18(25-22(30)31-14-16-8-6-5-7-9-16)21(29)24-17(19(27)13-23)10-11-20(28)26(3)4/h5-9,15,17-18H,10-14H2,1-4H3,(H,24,29)(H,25,30)/t17?,18-/m0/s1. The quantitative estimate of drug-likeness (QED) is 0.522. The fraction of sp³-hybridized carbons (Fsp3) is 0.545. The van der Waals surface area contributed by atoms with Gasteiger partial charge in [0.25, 0.3) is 0 Å². The second kappa shape index (κ2) is 13.4. The number of benzene rings is 1. The van der Waals surface area contributed by atoms with E-state index in [-0.39, 0.29) is 31.3 Å². The first-order valence-corrected chi connectivity index (χ1v) is 10.2. The van der Waals surface area contributed by atoms with Crippen molar-refractivity contribution in [3.63, 3.8) is 0 Å². The van der Waals surface area contributed by atoms with Gasteiger partial charge in [0.15, 0.2) is 5.78 Å². The number of ether oxygens (including phenoxy) is 1. The maximum atomic E-state index is 13.0. The second-order valence-electron chi connectivity index (χ2n) is 7.88. The van der Waals surface area contributed by atoms with E-state index in [0.29, 0.717) is 6.42 Å². The van der Waals surface area contributed by atoms with Gasteiger partial charge in [0, 0.05) is 20.5 Å². The van der Waals surface area contributed by atoms with Crippen LogP contribution in [0, 0.1) is 5.92 Å². The van der Waals surface area contributed by atoms with Crippen LogP contribution < -0.4 is 10.6 Å². The normalized spacial score (nSPS) is 12.6. The molecule has 0 saturated heterocycles. The monoisotopic (exact) mass is 437 g/mol. The molecule has 0 heterocycles. The van der Waals surface area contributed by atoms with Gasteiger partial charge in [-0.15, -0.1) is 0 Å². The van der Waals surface area contributed by atoms with Crippen LogP contribution >= 0.6 is 0 Å². The number of rotatable bonds is 12. The summed E-state index contributed by atoms with van der Waals surface area (Å²) in [7, 11) is 3.13. The lowest BCUT2D eigenvalue weighted by atomic mass is 10.0. The third kappa shape index (κ3) is 10.1. The highest BCUT2D eigenvalue weighted by atomic mass is 19.1. The number of halogens is 1. The van der Waals surface area contributed by atoms with Crippen molar-refractivity contribution in [1.29, 1.82) is 0 Å². The number of amides is 3. The summed E-state index contributed by atoms with van der Waals surface area (Å²) in [5.74, 6) is -1.65. The lowest BCUT2D eigenvalue weighted by molar-refractivity contribution is -0.131. The number of carbonyl (C=O) groups excluding carboxylic acids is 4. The molecular weight excluding hydrogens is 405 g/mol. The van der Waals surface area contributed by atoms with Crippen molar-refractivity contribution >= 4 is 23.7 Å². The Balaban J connectivity index is 2.75. The lowest BCUT2D eigenvalue weighted by Gasteiger charge is -2.23. The summed E-state index contributed by atoms with van der Waals surface area (Å²) in [6, 6.07) is 6.94. The minimum absolute atomic E-state index is 0.0227. The molecule has 0 aliphatic carbocycles. The molecule has 3 amide bonds. The van der Waals surface area contributed by atoms with E-state index in [1.165, 1.54) is 4.90 Å². The lowest BCUT2D eigenvalue weighted by Crippen LogP contribution is -2.52. The summed E-state index contributed by atoms with van der Waals surface area (Å²) < 4.78 is 18.1. The minimum Gasteiger partial charge on any atom is -0.445 e. The van der Waals surface area contributed by atoms with Crippen molar-refractivity contribution in [2.45, 2.75) is 51.8 Å². The van der Waals surface area contributed by atoms with Crippen LogP contribution in [0.15, 0.2) is 30.3 Å². The van der Waals surface area contributed by atoms with Gasteiger partial charge < -0.3 is 20.3 Å². The first kappa shape index (κ1) is 26.1. The fourth-order valence-electron chi connectivity index (χ4n) is 2.78. The van der Waals surface area contributed by atoms with E-state index in [2.05, 4.69) is 10.6 Å². The zero-order chi connectivity index (χ0) is 23.4. The number of hydrogen-bond acceptors (Lipinski definition) is 5. The molecule has 1 aromatic carbocycles. The first-order chi connectivity index (χ1) is 14.6. The topological polar surface area (TPSA) is 105 Å². The molecule has 8 nitrogen and oxygen atoms in total. The van der Waals surface area contributed by atoms with Crippen molar-refractivity contribution in [2.24, 2.45) is 5.92 Å². The third-order valence-electron chi connectivity index (χ3n) is 4.51. The van der Waals surface area contributed by atoms with Crippen LogP contribution in [0.2, 0.25) is 0 Å². The van der Waals surface area contributed by atoms with Crippen LogP contribution in [0.3, 0.4) is 0 Å². The molecule has 2 atom stereocenters. The Bertz CT molecular complexity index is 740. The third-order valence-corrected chi connectivity index (χ3v) is 4.51. The summed E-state index contributed by atoms with van der Waals surface area (Å²) in [5, 5.41) is 4.99. The number of ketones is 1. The van der Waals surface area contributed by atoms with E-state index in [4.69, 9.17) is 4.74 Å². The zero-order valence-electron chi connectivity index (χ0n) is 18.5. The number of nitrogens with zero attached hydrogens (tertiary/aromatic N) is 1. The molecule has 1 rings (SSSR count). The van der Waals surface area contributed by atoms with Crippen LogP contribution in [-0.2, 0) is 25.7 Å². The van der Waals surface area contributed by atoms with E-state index in [9.17, 15) is 23.6 Å². The van der Waals surface area contributed by atoms with E-state index in [1.807, 2.05) is 32.0 Å². The van der Waals surface area contributed by atoms with Crippen LogP contribution in [0.25, 0.3) is 0 Å². The summed E-state index contributed by atoms with van der Waals surface area (Å²) in [4.78, 5) is 50.0. The maximum Gasteiger partial charge on any atom is 0.408 e. The minimum atomic E-state index is -1.26. The first-order valence-electron chi connectivity index (χ1n) is 10.2. The Kier molecular flexibility index (Phi) is 11.2. The Morgan fingerprint density at radius 1 is 1.03 bits per heavy atom. The van der Waals surface area contributed by atoms with E-state index < -0.39 is 36.5 Å². The molecular formula is C22H32FN3O5. The maximum absolute atomic E-state index is 13.0. The molecule has 9 heteroatoms. The number of Topliss-reactive ketones (excluding diaryl/α,β-unsaturated/α-hetero) is 1. The molecule has 31 heavy (non-hydrogen) atoms. The van der Waals surface area contributed by atoms with Gasteiger partial charge in [0.1, 0.15) is 19.3 Å². The van der Waals surface area contributed by atoms with Crippen LogP contribution in [0.1, 0.15) is 38.7 Å². The molecule has 1 unspecified atom stereocenters. The molecule has 172 valence electrons. The van der Waals surface area contributed by atoms with E-state index in [1.54, 1.807) is 26.2 Å². The molecule has 2 N–H and O–H groups in total. The van der Waals surface area contributed by atoms with Crippen LogP contribution in [0.4, 0.5) is 9.18 Å². The highest BCUT2D eigenvalue weighted by Gasteiger charge is 2.28. The molecule has 0 radical (unpaired) electrons. The van der Waals surface area contributed by atoms with Gasteiger partial charge in [-0.05, 0) is 24.3 Å².